The summed E-state index contributed by atoms with van der Waals surface area (Å²) in [5.74, 6) is 0. The van der Waals surface area contributed by atoms with E-state index < -0.39 is 0 Å². The molecule has 0 aromatic carbocycles. The van der Waals surface area contributed by atoms with E-state index in [1.54, 1.807) is 0 Å². The van der Waals surface area contributed by atoms with Gasteiger partial charge < -0.3 is 15.1 Å². The van der Waals surface area contributed by atoms with E-state index in [9.17, 15) is 0 Å². The van der Waals surface area contributed by atoms with Crippen LogP contribution in [0.4, 0.5) is 0 Å². The van der Waals surface area contributed by atoms with Gasteiger partial charge in [0.05, 0.1) is 0 Å². The van der Waals surface area contributed by atoms with Crippen molar-refractivity contribution in [1.82, 2.24) is 15.1 Å². The third-order valence-electron chi connectivity index (χ3n) is 4.53. The smallest absolute Gasteiger partial charge is 0.0330 e. The van der Waals surface area contributed by atoms with Gasteiger partial charge in [-0.2, -0.15) is 0 Å². The molecule has 0 amide bonds. The first-order valence-electron chi connectivity index (χ1n) is 7.59. The predicted octanol–water partition coefficient (Wildman–Crippen LogP) is 2.18. The van der Waals surface area contributed by atoms with Crippen LogP contribution < -0.4 is 5.32 Å². The third-order valence-corrected chi connectivity index (χ3v) is 4.53. The van der Waals surface area contributed by atoms with E-state index in [2.05, 4.69) is 50.1 Å². The highest BCUT2D eigenvalue weighted by atomic mass is 15.2. The van der Waals surface area contributed by atoms with Gasteiger partial charge in [-0.25, -0.2) is 0 Å². The molecule has 0 aliphatic heterocycles. The fraction of sp³-hybridized carbons (Fsp3) is 1.00. The van der Waals surface area contributed by atoms with E-state index in [1.165, 1.54) is 45.2 Å². The first kappa shape index (κ1) is 15.9. The molecule has 1 saturated carbocycles. The molecule has 0 saturated heterocycles. The Morgan fingerprint density at radius 2 is 1.89 bits per heavy atom. The van der Waals surface area contributed by atoms with Gasteiger partial charge in [0, 0.05) is 18.1 Å². The molecule has 1 aliphatic carbocycles. The van der Waals surface area contributed by atoms with Crippen LogP contribution in [0.15, 0.2) is 0 Å². The number of likely N-dealkylation sites (N-methyl/N-ethyl adjacent to an activating group) is 2. The predicted molar refractivity (Wildman–Crippen MR) is 80.1 cm³/mol. The summed E-state index contributed by atoms with van der Waals surface area (Å²) >= 11 is 0. The Kier molecular flexibility index (Phi) is 6.61. The molecule has 3 heteroatoms. The number of rotatable bonds is 9. The summed E-state index contributed by atoms with van der Waals surface area (Å²) in [4.78, 5) is 4.96. The maximum atomic E-state index is 3.48. The second-order valence-electron chi connectivity index (χ2n) is 6.31. The lowest BCUT2D eigenvalue weighted by Gasteiger charge is -2.49. The van der Waals surface area contributed by atoms with Crippen LogP contribution >= 0.6 is 0 Å². The van der Waals surface area contributed by atoms with Crippen molar-refractivity contribution in [2.45, 2.75) is 57.5 Å². The van der Waals surface area contributed by atoms with Crippen LogP contribution in [-0.2, 0) is 0 Å². The SMILES string of the molecule is CCNC(C)CCCN(C)CC1(N(C)C)CCC1. The highest BCUT2D eigenvalue weighted by Crippen LogP contribution is 2.36. The molecule has 1 atom stereocenters. The van der Waals surface area contributed by atoms with Crippen LogP contribution in [0.3, 0.4) is 0 Å². The molecule has 0 bridgehead atoms. The van der Waals surface area contributed by atoms with Crippen LogP contribution in [0.25, 0.3) is 0 Å². The summed E-state index contributed by atoms with van der Waals surface area (Å²) in [5, 5.41) is 3.48. The number of nitrogens with zero attached hydrogens (tertiary/aromatic N) is 2. The van der Waals surface area contributed by atoms with Crippen LogP contribution in [0, 0.1) is 0 Å². The maximum absolute atomic E-state index is 3.48. The van der Waals surface area contributed by atoms with Crippen LogP contribution in [0.1, 0.15) is 46.0 Å². The van der Waals surface area contributed by atoms with E-state index in [4.69, 9.17) is 0 Å². The van der Waals surface area contributed by atoms with Gasteiger partial charge in [0.1, 0.15) is 0 Å². The van der Waals surface area contributed by atoms with Gasteiger partial charge in [-0.15, -0.1) is 0 Å². The lowest BCUT2D eigenvalue weighted by Crippen LogP contribution is -2.56. The second kappa shape index (κ2) is 7.46. The summed E-state index contributed by atoms with van der Waals surface area (Å²) in [6, 6.07) is 0.662. The van der Waals surface area contributed by atoms with E-state index in [-0.39, 0.29) is 0 Å². The van der Waals surface area contributed by atoms with Gasteiger partial charge in [0.15, 0.2) is 0 Å². The molecule has 108 valence electrons. The molecule has 1 fully saturated rings. The van der Waals surface area contributed by atoms with Crippen molar-refractivity contribution in [3.8, 4) is 0 Å². The first-order chi connectivity index (χ1) is 8.50. The summed E-state index contributed by atoms with van der Waals surface area (Å²) in [6.45, 7) is 8.01. The number of nitrogens with one attached hydrogen (secondary N) is 1. The Bertz CT molecular complexity index is 224. The molecular formula is C15H33N3. The molecule has 1 unspecified atom stereocenters. The Labute approximate surface area is 114 Å². The van der Waals surface area contributed by atoms with Crippen LogP contribution in [-0.4, -0.2) is 62.2 Å². The van der Waals surface area contributed by atoms with Gasteiger partial charge in [0.25, 0.3) is 0 Å². The van der Waals surface area contributed by atoms with Crippen molar-refractivity contribution in [3.05, 3.63) is 0 Å². The van der Waals surface area contributed by atoms with Gasteiger partial charge in [0.2, 0.25) is 0 Å². The molecule has 0 aromatic heterocycles. The van der Waals surface area contributed by atoms with E-state index in [1.807, 2.05) is 0 Å². The molecule has 0 aromatic rings. The van der Waals surface area contributed by atoms with E-state index >= 15 is 0 Å². The van der Waals surface area contributed by atoms with Crippen molar-refractivity contribution in [1.29, 1.82) is 0 Å². The topological polar surface area (TPSA) is 18.5 Å². The van der Waals surface area contributed by atoms with Crippen molar-refractivity contribution in [2.24, 2.45) is 0 Å². The highest BCUT2D eigenvalue weighted by molar-refractivity contribution is 4.97. The average molecular weight is 255 g/mol. The van der Waals surface area contributed by atoms with Crippen molar-refractivity contribution in [2.75, 3.05) is 40.8 Å². The van der Waals surface area contributed by atoms with Gasteiger partial charge in [-0.05, 0) is 73.3 Å². The van der Waals surface area contributed by atoms with Crippen LogP contribution in [0.5, 0.6) is 0 Å². The molecule has 0 spiro atoms. The zero-order valence-corrected chi connectivity index (χ0v) is 13.1. The van der Waals surface area contributed by atoms with Crippen LogP contribution in [0.2, 0.25) is 0 Å². The summed E-state index contributed by atoms with van der Waals surface area (Å²) in [5.41, 5.74) is 0.474. The Morgan fingerprint density at radius 1 is 1.22 bits per heavy atom. The quantitative estimate of drug-likeness (QED) is 0.681. The Hall–Kier alpha value is -0.120. The fourth-order valence-electron chi connectivity index (χ4n) is 3.03. The molecule has 18 heavy (non-hydrogen) atoms. The average Bonchev–Trinajstić information content (AvgIpc) is 2.23. The first-order valence-corrected chi connectivity index (χ1v) is 7.59. The zero-order valence-electron chi connectivity index (χ0n) is 13.1. The second-order valence-corrected chi connectivity index (χ2v) is 6.31. The van der Waals surface area contributed by atoms with Crippen molar-refractivity contribution in [3.63, 3.8) is 0 Å². The summed E-state index contributed by atoms with van der Waals surface area (Å²) < 4.78 is 0. The van der Waals surface area contributed by atoms with Gasteiger partial charge >= 0.3 is 0 Å². The molecule has 3 nitrogen and oxygen atoms in total. The lowest BCUT2D eigenvalue weighted by atomic mass is 9.75. The molecular weight excluding hydrogens is 222 g/mol. The number of hydrogen-bond acceptors (Lipinski definition) is 3. The molecule has 1 rings (SSSR count). The lowest BCUT2D eigenvalue weighted by molar-refractivity contribution is 0.0274. The molecule has 1 aliphatic rings. The minimum Gasteiger partial charge on any atom is -0.315 e. The van der Waals surface area contributed by atoms with Crippen molar-refractivity contribution < 1.29 is 0 Å². The third kappa shape index (κ3) is 4.52. The van der Waals surface area contributed by atoms with Crippen molar-refractivity contribution >= 4 is 0 Å². The largest absolute Gasteiger partial charge is 0.315 e. The molecule has 0 heterocycles. The number of hydrogen-bond donors (Lipinski definition) is 1. The minimum atomic E-state index is 0.474. The fourth-order valence-corrected chi connectivity index (χ4v) is 3.03. The molecule has 0 radical (unpaired) electrons. The zero-order chi connectivity index (χ0) is 13.6. The highest BCUT2D eigenvalue weighted by Gasteiger charge is 2.39. The monoisotopic (exact) mass is 255 g/mol. The maximum Gasteiger partial charge on any atom is 0.0330 e. The van der Waals surface area contributed by atoms with Gasteiger partial charge in [-0.3, -0.25) is 0 Å². The van der Waals surface area contributed by atoms with E-state index in [0.717, 1.165) is 6.54 Å². The Balaban J connectivity index is 2.19. The normalized spacial score (nSPS) is 20.2. The van der Waals surface area contributed by atoms with E-state index in [0.29, 0.717) is 11.6 Å². The Morgan fingerprint density at radius 3 is 2.33 bits per heavy atom. The standard InChI is InChI=1S/C15H33N3/c1-6-16-14(2)9-7-12-18(5)13-15(17(3)4)10-8-11-15/h14,16H,6-13H2,1-5H3. The summed E-state index contributed by atoms with van der Waals surface area (Å²) in [6.07, 6.45) is 6.74. The molecule has 1 N–H and O–H groups in total. The summed E-state index contributed by atoms with van der Waals surface area (Å²) in [7, 11) is 6.75. The minimum absolute atomic E-state index is 0.474. The van der Waals surface area contributed by atoms with Gasteiger partial charge in [-0.1, -0.05) is 6.92 Å².